The zero-order valence-corrected chi connectivity index (χ0v) is 5.33. The van der Waals surface area contributed by atoms with Crippen LogP contribution in [-0.2, 0) is 0 Å². The van der Waals surface area contributed by atoms with Crippen molar-refractivity contribution in [3.05, 3.63) is 17.5 Å². The fraction of sp³-hybridized carbons (Fsp3) is 0. The van der Waals surface area contributed by atoms with Crippen molar-refractivity contribution < 1.29 is 15.0 Å². The molecule has 0 saturated heterocycles. The third-order valence-electron chi connectivity index (χ3n) is 1.19. The first kappa shape index (κ1) is 7.15. The van der Waals surface area contributed by atoms with Gasteiger partial charge in [0.05, 0.1) is 0 Å². The number of H-pyrrole nitrogens is 1. The molecule has 11 heavy (non-hydrogen) atoms. The number of aromatic hydroxyl groups is 1. The standard InChI is InChI=1S/C6H4N2O3/c7-1-3-2-8-4(5(3)9)6(10)11/h2,8-9H,(H,10,11). The van der Waals surface area contributed by atoms with Crippen molar-refractivity contribution in [3.8, 4) is 11.8 Å². The Morgan fingerprint density at radius 2 is 2.36 bits per heavy atom. The third-order valence-corrected chi connectivity index (χ3v) is 1.19. The Hall–Kier alpha value is -1.96. The first-order chi connectivity index (χ1) is 5.16. The van der Waals surface area contributed by atoms with Crippen LogP contribution in [0.15, 0.2) is 6.20 Å². The normalized spacial score (nSPS) is 9.00. The molecule has 0 bridgehead atoms. The van der Waals surface area contributed by atoms with Gasteiger partial charge in [-0.3, -0.25) is 0 Å². The molecular formula is C6H4N2O3. The fourth-order valence-corrected chi connectivity index (χ4v) is 0.664. The molecule has 1 aromatic rings. The summed E-state index contributed by atoms with van der Waals surface area (Å²) in [5.41, 5.74) is -0.427. The lowest BCUT2D eigenvalue weighted by atomic mass is 10.3. The molecule has 0 radical (unpaired) electrons. The molecule has 0 fully saturated rings. The Morgan fingerprint density at radius 1 is 1.73 bits per heavy atom. The van der Waals surface area contributed by atoms with Crippen LogP contribution in [0.3, 0.4) is 0 Å². The Balaban J connectivity index is 3.24. The quantitative estimate of drug-likeness (QED) is 0.538. The van der Waals surface area contributed by atoms with E-state index in [-0.39, 0.29) is 11.3 Å². The van der Waals surface area contributed by atoms with Crippen molar-refractivity contribution in [2.45, 2.75) is 0 Å². The molecule has 0 atom stereocenters. The van der Waals surface area contributed by atoms with Gasteiger partial charge in [-0.25, -0.2) is 4.79 Å². The van der Waals surface area contributed by atoms with Gasteiger partial charge in [-0.2, -0.15) is 5.26 Å². The zero-order chi connectivity index (χ0) is 8.43. The van der Waals surface area contributed by atoms with Gasteiger partial charge in [0.2, 0.25) is 0 Å². The highest BCUT2D eigenvalue weighted by molar-refractivity contribution is 5.89. The molecule has 5 nitrogen and oxygen atoms in total. The lowest BCUT2D eigenvalue weighted by molar-refractivity contribution is 0.0688. The number of carboxylic acids is 1. The molecule has 0 unspecified atom stereocenters. The summed E-state index contributed by atoms with van der Waals surface area (Å²) in [5, 5.41) is 25.6. The minimum atomic E-state index is -1.29. The molecule has 0 saturated carbocycles. The van der Waals surface area contributed by atoms with E-state index in [1.54, 1.807) is 6.07 Å². The number of hydrogen-bond acceptors (Lipinski definition) is 3. The molecule has 0 aliphatic heterocycles. The first-order valence-electron chi connectivity index (χ1n) is 2.70. The van der Waals surface area contributed by atoms with Gasteiger partial charge in [-0.15, -0.1) is 0 Å². The molecule has 0 aromatic carbocycles. The Bertz CT molecular complexity index is 334. The highest BCUT2D eigenvalue weighted by atomic mass is 16.4. The van der Waals surface area contributed by atoms with Crippen LogP contribution in [0.2, 0.25) is 0 Å². The van der Waals surface area contributed by atoms with Crippen molar-refractivity contribution in [1.82, 2.24) is 4.98 Å². The average Bonchev–Trinajstić information content (AvgIpc) is 2.30. The summed E-state index contributed by atoms with van der Waals surface area (Å²) >= 11 is 0. The van der Waals surface area contributed by atoms with Gasteiger partial charge in [0.1, 0.15) is 11.6 Å². The second-order valence-electron chi connectivity index (χ2n) is 1.84. The van der Waals surface area contributed by atoms with Crippen LogP contribution in [0.1, 0.15) is 16.1 Å². The summed E-state index contributed by atoms with van der Waals surface area (Å²) in [6.07, 6.45) is 1.14. The number of nitrogens with one attached hydrogen (secondary N) is 1. The third kappa shape index (κ3) is 1.01. The Labute approximate surface area is 61.5 Å². The van der Waals surface area contributed by atoms with E-state index >= 15 is 0 Å². The van der Waals surface area contributed by atoms with Crippen molar-refractivity contribution in [1.29, 1.82) is 5.26 Å². The van der Waals surface area contributed by atoms with E-state index in [4.69, 9.17) is 15.5 Å². The number of aromatic carboxylic acids is 1. The second kappa shape index (κ2) is 2.34. The van der Waals surface area contributed by atoms with Crippen molar-refractivity contribution in [3.63, 3.8) is 0 Å². The predicted molar refractivity (Wildman–Crippen MR) is 34.1 cm³/mol. The molecule has 1 aromatic heterocycles. The monoisotopic (exact) mass is 152 g/mol. The Morgan fingerprint density at radius 3 is 2.64 bits per heavy atom. The number of carbonyl (C=O) groups is 1. The summed E-state index contributed by atoms with van der Waals surface area (Å²) in [7, 11) is 0. The van der Waals surface area contributed by atoms with Crippen LogP contribution in [0, 0.1) is 11.3 Å². The van der Waals surface area contributed by atoms with E-state index in [2.05, 4.69) is 4.98 Å². The first-order valence-corrected chi connectivity index (χ1v) is 2.70. The maximum atomic E-state index is 10.3. The molecule has 1 heterocycles. The second-order valence-corrected chi connectivity index (χ2v) is 1.84. The maximum absolute atomic E-state index is 10.3. The zero-order valence-electron chi connectivity index (χ0n) is 5.33. The highest BCUT2D eigenvalue weighted by Gasteiger charge is 2.14. The van der Waals surface area contributed by atoms with E-state index in [0.29, 0.717) is 0 Å². The summed E-state index contributed by atoms with van der Waals surface area (Å²) < 4.78 is 0. The summed E-state index contributed by atoms with van der Waals surface area (Å²) in [6.45, 7) is 0. The summed E-state index contributed by atoms with van der Waals surface area (Å²) in [6, 6.07) is 1.63. The number of aromatic amines is 1. The lowest BCUT2D eigenvalue weighted by Gasteiger charge is -1.88. The van der Waals surface area contributed by atoms with Crippen LogP contribution in [0.25, 0.3) is 0 Å². The van der Waals surface area contributed by atoms with Gasteiger partial charge in [-0.1, -0.05) is 0 Å². The van der Waals surface area contributed by atoms with Crippen LogP contribution >= 0.6 is 0 Å². The number of aromatic nitrogens is 1. The summed E-state index contributed by atoms with van der Waals surface area (Å²) in [5.74, 6) is -1.80. The van der Waals surface area contributed by atoms with Gasteiger partial charge in [0.15, 0.2) is 11.4 Å². The molecule has 1 rings (SSSR count). The number of rotatable bonds is 1. The lowest BCUT2D eigenvalue weighted by Crippen LogP contribution is -1.95. The largest absolute Gasteiger partial charge is 0.504 e. The molecule has 0 aliphatic carbocycles. The number of carboxylic acid groups (broad SMARTS) is 1. The van der Waals surface area contributed by atoms with Gasteiger partial charge < -0.3 is 15.2 Å². The average molecular weight is 152 g/mol. The predicted octanol–water partition coefficient (Wildman–Crippen LogP) is 0.290. The highest BCUT2D eigenvalue weighted by Crippen LogP contribution is 2.20. The SMILES string of the molecule is N#Cc1c[nH]c(C(=O)O)c1O. The van der Waals surface area contributed by atoms with Gasteiger partial charge >= 0.3 is 5.97 Å². The minimum Gasteiger partial charge on any atom is -0.504 e. The van der Waals surface area contributed by atoms with E-state index in [1.165, 1.54) is 0 Å². The van der Waals surface area contributed by atoms with Gasteiger partial charge in [-0.05, 0) is 0 Å². The topological polar surface area (TPSA) is 97.1 Å². The van der Waals surface area contributed by atoms with Gasteiger partial charge in [0.25, 0.3) is 0 Å². The molecule has 0 amide bonds. The molecule has 5 heteroatoms. The van der Waals surface area contributed by atoms with Crippen LogP contribution in [-0.4, -0.2) is 21.2 Å². The fourth-order valence-electron chi connectivity index (χ4n) is 0.664. The van der Waals surface area contributed by atoms with Crippen LogP contribution < -0.4 is 0 Å². The van der Waals surface area contributed by atoms with E-state index in [1.807, 2.05) is 0 Å². The minimum absolute atomic E-state index is 0.0672. The molecule has 3 N–H and O–H groups in total. The molecular weight excluding hydrogens is 148 g/mol. The van der Waals surface area contributed by atoms with Gasteiger partial charge in [0, 0.05) is 6.20 Å². The van der Waals surface area contributed by atoms with Crippen molar-refractivity contribution >= 4 is 5.97 Å². The van der Waals surface area contributed by atoms with Crippen LogP contribution in [0.4, 0.5) is 0 Å². The maximum Gasteiger partial charge on any atom is 0.356 e. The van der Waals surface area contributed by atoms with Crippen molar-refractivity contribution in [2.24, 2.45) is 0 Å². The van der Waals surface area contributed by atoms with E-state index in [0.717, 1.165) is 6.20 Å². The number of nitriles is 1. The van der Waals surface area contributed by atoms with E-state index in [9.17, 15) is 4.79 Å². The summed E-state index contributed by atoms with van der Waals surface area (Å²) in [4.78, 5) is 12.5. The van der Waals surface area contributed by atoms with Crippen molar-refractivity contribution in [2.75, 3.05) is 0 Å². The molecule has 0 aliphatic rings. The number of nitrogens with zero attached hydrogens (tertiary/aromatic N) is 1. The smallest absolute Gasteiger partial charge is 0.356 e. The number of hydrogen-bond donors (Lipinski definition) is 3. The van der Waals surface area contributed by atoms with E-state index < -0.39 is 11.7 Å². The molecule has 56 valence electrons. The van der Waals surface area contributed by atoms with Crippen LogP contribution in [0.5, 0.6) is 5.75 Å². The molecule has 0 spiro atoms. The Kier molecular flexibility index (Phi) is 1.52.